The van der Waals surface area contributed by atoms with Gasteiger partial charge in [-0.3, -0.25) is 9.69 Å². The Labute approximate surface area is 117 Å². The average molecular weight is 267 g/mol. The first-order valence-electron chi connectivity index (χ1n) is 7.95. The molecule has 1 aliphatic carbocycles. The monoisotopic (exact) mass is 267 g/mol. The van der Waals surface area contributed by atoms with Crippen LogP contribution in [0.5, 0.6) is 0 Å². The number of piperidine rings is 1. The third-order valence-electron chi connectivity index (χ3n) is 4.87. The van der Waals surface area contributed by atoms with Crippen molar-refractivity contribution in [2.75, 3.05) is 32.7 Å². The maximum absolute atomic E-state index is 12.4. The lowest BCUT2D eigenvalue weighted by Crippen LogP contribution is -2.48. The van der Waals surface area contributed by atoms with Crippen molar-refractivity contribution >= 4 is 5.91 Å². The number of nitrogens with one attached hydrogen (secondary N) is 2. The fourth-order valence-corrected chi connectivity index (χ4v) is 3.19. The lowest BCUT2D eigenvalue weighted by atomic mass is 9.76. The van der Waals surface area contributed by atoms with Crippen LogP contribution in [0.15, 0.2) is 0 Å². The summed E-state index contributed by atoms with van der Waals surface area (Å²) >= 11 is 0. The molecule has 0 aromatic carbocycles. The number of amides is 1. The number of hydrogen-bond acceptors (Lipinski definition) is 3. The second-order valence-electron chi connectivity index (χ2n) is 6.00. The molecule has 2 aliphatic rings. The van der Waals surface area contributed by atoms with Gasteiger partial charge in [-0.05, 0) is 51.7 Å². The molecule has 2 N–H and O–H groups in total. The van der Waals surface area contributed by atoms with Gasteiger partial charge in [0, 0.05) is 19.1 Å². The van der Waals surface area contributed by atoms with E-state index >= 15 is 0 Å². The highest BCUT2D eigenvalue weighted by Crippen LogP contribution is 2.32. The van der Waals surface area contributed by atoms with Crippen LogP contribution in [0.4, 0.5) is 0 Å². The average Bonchev–Trinajstić information content (AvgIpc) is 3.28. The zero-order valence-corrected chi connectivity index (χ0v) is 12.5. The Kier molecular flexibility index (Phi) is 5.22. The molecular weight excluding hydrogens is 238 g/mol. The summed E-state index contributed by atoms with van der Waals surface area (Å²) in [6.07, 6.45) is 5.60. The van der Waals surface area contributed by atoms with E-state index in [1.165, 1.54) is 12.8 Å². The van der Waals surface area contributed by atoms with Crippen LogP contribution in [-0.4, -0.2) is 49.6 Å². The van der Waals surface area contributed by atoms with E-state index in [0.29, 0.717) is 0 Å². The van der Waals surface area contributed by atoms with E-state index in [-0.39, 0.29) is 11.3 Å². The lowest BCUT2D eigenvalue weighted by molar-refractivity contribution is -0.132. The number of nitrogens with zero attached hydrogens (tertiary/aromatic N) is 1. The number of carbonyl (C=O) groups excluding carboxylic acids is 1. The van der Waals surface area contributed by atoms with E-state index in [1.54, 1.807) is 0 Å². The van der Waals surface area contributed by atoms with E-state index in [0.717, 1.165) is 58.0 Å². The second kappa shape index (κ2) is 6.71. The topological polar surface area (TPSA) is 44.4 Å². The summed E-state index contributed by atoms with van der Waals surface area (Å²) in [5.41, 5.74) is -0.109. The summed E-state index contributed by atoms with van der Waals surface area (Å²) in [5.74, 6) is 0.281. The van der Waals surface area contributed by atoms with Gasteiger partial charge in [0.2, 0.25) is 5.91 Å². The second-order valence-corrected chi connectivity index (χ2v) is 6.00. The molecule has 1 heterocycles. The minimum atomic E-state index is -0.109. The molecule has 2 rings (SSSR count). The molecule has 0 aromatic rings. The maximum atomic E-state index is 12.4. The van der Waals surface area contributed by atoms with Gasteiger partial charge >= 0.3 is 0 Å². The van der Waals surface area contributed by atoms with Crippen molar-refractivity contribution in [3.05, 3.63) is 0 Å². The molecular formula is C15H29N3O. The molecule has 0 aromatic heterocycles. The zero-order valence-electron chi connectivity index (χ0n) is 12.5. The number of rotatable bonds is 7. The first-order chi connectivity index (χ1) is 9.22. The van der Waals surface area contributed by atoms with E-state index in [1.807, 2.05) is 0 Å². The molecule has 2 fully saturated rings. The maximum Gasteiger partial charge on any atom is 0.226 e. The Morgan fingerprint density at radius 1 is 1.32 bits per heavy atom. The van der Waals surface area contributed by atoms with E-state index < -0.39 is 0 Å². The summed E-state index contributed by atoms with van der Waals surface area (Å²) in [5, 5.41) is 6.53. The third kappa shape index (κ3) is 3.69. The van der Waals surface area contributed by atoms with Crippen molar-refractivity contribution < 1.29 is 4.79 Å². The van der Waals surface area contributed by atoms with Crippen LogP contribution < -0.4 is 10.6 Å². The highest BCUT2D eigenvalue weighted by molar-refractivity contribution is 5.82. The highest BCUT2D eigenvalue weighted by atomic mass is 16.2. The predicted molar refractivity (Wildman–Crippen MR) is 78.1 cm³/mol. The van der Waals surface area contributed by atoms with Gasteiger partial charge in [0.25, 0.3) is 0 Å². The zero-order chi connectivity index (χ0) is 13.7. The van der Waals surface area contributed by atoms with Crippen LogP contribution in [0.1, 0.15) is 46.0 Å². The molecule has 0 bridgehead atoms. The van der Waals surface area contributed by atoms with Crippen LogP contribution in [-0.2, 0) is 4.79 Å². The standard InChI is InChI=1S/C15H29N3O/c1-3-15(7-9-16-10-8-15)14(19)17-11-12-18(4-2)13-5-6-13/h13,16H,3-12H2,1-2H3,(H,17,19). The van der Waals surface area contributed by atoms with Gasteiger partial charge in [0.15, 0.2) is 0 Å². The molecule has 1 aliphatic heterocycles. The van der Waals surface area contributed by atoms with Gasteiger partial charge in [0.05, 0.1) is 5.41 Å². The minimum absolute atomic E-state index is 0.109. The van der Waals surface area contributed by atoms with Crippen molar-refractivity contribution in [1.82, 2.24) is 15.5 Å². The Hall–Kier alpha value is -0.610. The molecule has 1 saturated heterocycles. The largest absolute Gasteiger partial charge is 0.354 e. The smallest absolute Gasteiger partial charge is 0.226 e. The SMILES string of the molecule is CCN(CCNC(=O)C1(CC)CCNCC1)C1CC1. The number of hydrogen-bond donors (Lipinski definition) is 2. The molecule has 0 atom stereocenters. The third-order valence-corrected chi connectivity index (χ3v) is 4.87. The van der Waals surface area contributed by atoms with E-state index in [4.69, 9.17) is 0 Å². The van der Waals surface area contributed by atoms with Crippen LogP contribution in [0, 0.1) is 5.41 Å². The van der Waals surface area contributed by atoms with Crippen molar-refractivity contribution in [3.8, 4) is 0 Å². The molecule has 0 radical (unpaired) electrons. The van der Waals surface area contributed by atoms with Crippen LogP contribution in [0.25, 0.3) is 0 Å². The lowest BCUT2D eigenvalue weighted by Gasteiger charge is -2.35. The Morgan fingerprint density at radius 2 is 2.00 bits per heavy atom. The normalized spacial score (nSPS) is 22.5. The summed E-state index contributed by atoms with van der Waals surface area (Å²) < 4.78 is 0. The Bertz CT molecular complexity index is 296. The van der Waals surface area contributed by atoms with E-state index in [2.05, 4.69) is 29.4 Å². The molecule has 1 saturated carbocycles. The summed E-state index contributed by atoms with van der Waals surface area (Å²) in [6, 6.07) is 0.793. The number of carbonyl (C=O) groups is 1. The Morgan fingerprint density at radius 3 is 2.53 bits per heavy atom. The van der Waals surface area contributed by atoms with Crippen molar-refractivity contribution in [1.29, 1.82) is 0 Å². The summed E-state index contributed by atoms with van der Waals surface area (Å²) in [7, 11) is 0. The van der Waals surface area contributed by atoms with Gasteiger partial charge < -0.3 is 10.6 Å². The van der Waals surface area contributed by atoms with Gasteiger partial charge in [-0.15, -0.1) is 0 Å². The fourth-order valence-electron chi connectivity index (χ4n) is 3.19. The van der Waals surface area contributed by atoms with E-state index in [9.17, 15) is 4.79 Å². The highest BCUT2D eigenvalue weighted by Gasteiger charge is 2.37. The van der Waals surface area contributed by atoms with Crippen molar-refractivity contribution in [2.24, 2.45) is 5.41 Å². The van der Waals surface area contributed by atoms with Crippen LogP contribution in [0.2, 0.25) is 0 Å². The first kappa shape index (κ1) is 14.8. The predicted octanol–water partition coefficient (Wildman–Crippen LogP) is 1.37. The fraction of sp³-hybridized carbons (Fsp3) is 0.933. The molecule has 0 unspecified atom stereocenters. The van der Waals surface area contributed by atoms with Crippen LogP contribution >= 0.6 is 0 Å². The van der Waals surface area contributed by atoms with Gasteiger partial charge in [-0.1, -0.05) is 13.8 Å². The quantitative estimate of drug-likeness (QED) is 0.732. The first-order valence-corrected chi connectivity index (χ1v) is 7.95. The van der Waals surface area contributed by atoms with Gasteiger partial charge in [-0.25, -0.2) is 0 Å². The molecule has 4 nitrogen and oxygen atoms in total. The van der Waals surface area contributed by atoms with Crippen LogP contribution in [0.3, 0.4) is 0 Å². The molecule has 19 heavy (non-hydrogen) atoms. The molecule has 0 spiro atoms. The minimum Gasteiger partial charge on any atom is -0.354 e. The van der Waals surface area contributed by atoms with Gasteiger partial charge in [0.1, 0.15) is 0 Å². The number of likely N-dealkylation sites (N-methyl/N-ethyl adjacent to an activating group) is 1. The molecule has 110 valence electrons. The summed E-state index contributed by atoms with van der Waals surface area (Å²) in [4.78, 5) is 14.9. The molecule has 4 heteroatoms. The summed E-state index contributed by atoms with van der Waals surface area (Å²) in [6.45, 7) is 9.22. The molecule has 1 amide bonds. The van der Waals surface area contributed by atoms with Gasteiger partial charge in [-0.2, -0.15) is 0 Å². The van der Waals surface area contributed by atoms with Crippen molar-refractivity contribution in [3.63, 3.8) is 0 Å². The van der Waals surface area contributed by atoms with Crippen molar-refractivity contribution in [2.45, 2.75) is 52.0 Å². The Balaban J connectivity index is 1.75.